The lowest BCUT2D eigenvalue weighted by Crippen LogP contribution is -1.88. The minimum Gasteiger partial charge on any atom is -0.298 e. The van der Waals surface area contributed by atoms with Crippen molar-refractivity contribution in [3.8, 4) is 21.7 Å². The van der Waals surface area contributed by atoms with Gasteiger partial charge in [-0.2, -0.15) is 0 Å². The SMILES string of the molecule is Cc1c(-c2ccccc2)cccc1-c1nc2c(C)cc(C=O)cc2s1. The fraction of sp³-hybridized carbons (Fsp3) is 0.0909. The predicted molar refractivity (Wildman–Crippen MR) is 105 cm³/mol. The van der Waals surface area contributed by atoms with E-state index >= 15 is 0 Å². The summed E-state index contributed by atoms with van der Waals surface area (Å²) >= 11 is 1.64. The summed E-state index contributed by atoms with van der Waals surface area (Å²) < 4.78 is 1.06. The highest BCUT2D eigenvalue weighted by Gasteiger charge is 2.13. The molecule has 4 rings (SSSR count). The van der Waals surface area contributed by atoms with Gasteiger partial charge in [0, 0.05) is 11.1 Å². The molecule has 122 valence electrons. The van der Waals surface area contributed by atoms with E-state index in [-0.39, 0.29) is 0 Å². The Morgan fingerprint density at radius 2 is 1.68 bits per heavy atom. The molecule has 3 heteroatoms. The second kappa shape index (κ2) is 6.26. The number of hydrogen-bond acceptors (Lipinski definition) is 3. The van der Waals surface area contributed by atoms with Crippen molar-refractivity contribution < 1.29 is 4.79 Å². The molecule has 0 amide bonds. The monoisotopic (exact) mass is 343 g/mol. The van der Waals surface area contributed by atoms with Gasteiger partial charge in [0.2, 0.25) is 0 Å². The zero-order valence-electron chi connectivity index (χ0n) is 14.1. The van der Waals surface area contributed by atoms with E-state index < -0.39 is 0 Å². The van der Waals surface area contributed by atoms with E-state index in [1.807, 2.05) is 25.1 Å². The first-order valence-corrected chi connectivity index (χ1v) is 9.01. The van der Waals surface area contributed by atoms with Gasteiger partial charge in [-0.3, -0.25) is 4.79 Å². The first kappa shape index (κ1) is 15.7. The number of aromatic nitrogens is 1. The molecule has 0 radical (unpaired) electrons. The lowest BCUT2D eigenvalue weighted by atomic mass is 9.97. The zero-order chi connectivity index (χ0) is 17.4. The first-order valence-electron chi connectivity index (χ1n) is 8.19. The maximum atomic E-state index is 11.1. The Labute approximate surface area is 150 Å². The van der Waals surface area contributed by atoms with Crippen LogP contribution >= 0.6 is 11.3 Å². The van der Waals surface area contributed by atoms with Crippen LogP contribution in [0.25, 0.3) is 31.9 Å². The molecule has 0 atom stereocenters. The van der Waals surface area contributed by atoms with Crippen molar-refractivity contribution in [2.24, 2.45) is 0 Å². The zero-order valence-corrected chi connectivity index (χ0v) is 14.9. The van der Waals surface area contributed by atoms with Gasteiger partial charge in [0.1, 0.15) is 11.3 Å². The Bertz CT molecular complexity index is 1080. The number of aryl methyl sites for hydroxylation is 1. The normalized spacial score (nSPS) is 11.0. The van der Waals surface area contributed by atoms with Crippen LogP contribution in [-0.2, 0) is 0 Å². The van der Waals surface area contributed by atoms with Crippen LogP contribution in [0.4, 0.5) is 0 Å². The number of aldehydes is 1. The topological polar surface area (TPSA) is 30.0 Å². The molecule has 25 heavy (non-hydrogen) atoms. The molecule has 1 aromatic heterocycles. The molecule has 0 aliphatic carbocycles. The average Bonchev–Trinajstić information content (AvgIpc) is 3.07. The Balaban J connectivity index is 1.89. The standard InChI is InChI=1S/C22H17NOS/c1-14-11-16(13-24)12-20-21(14)23-22(25-20)19-10-6-9-18(15(19)2)17-7-4-3-5-8-17/h3-13H,1-2H3. The maximum absolute atomic E-state index is 11.1. The molecule has 0 N–H and O–H groups in total. The Morgan fingerprint density at radius 1 is 0.920 bits per heavy atom. The number of rotatable bonds is 3. The van der Waals surface area contributed by atoms with Crippen molar-refractivity contribution in [3.63, 3.8) is 0 Å². The molecule has 0 aliphatic rings. The molecule has 0 spiro atoms. The smallest absolute Gasteiger partial charge is 0.150 e. The van der Waals surface area contributed by atoms with E-state index in [4.69, 9.17) is 4.98 Å². The molecule has 0 saturated heterocycles. The third kappa shape index (κ3) is 2.77. The van der Waals surface area contributed by atoms with Crippen LogP contribution in [0.1, 0.15) is 21.5 Å². The second-order valence-corrected chi connectivity index (χ2v) is 7.20. The van der Waals surface area contributed by atoms with E-state index in [0.717, 1.165) is 32.6 Å². The second-order valence-electron chi connectivity index (χ2n) is 6.17. The maximum Gasteiger partial charge on any atom is 0.150 e. The number of carbonyl (C=O) groups excluding carboxylic acids is 1. The number of carbonyl (C=O) groups is 1. The van der Waals surface area contributed by atoms with Crippen molar-refractivity contribution in [2.45, 2.75) is 13.8 Å². The number of thiazole rings is 1. The molecule has 0 fully saturated rings. The summed E-state index contributed by atoms with van der Waals surface area (Å²) in [6.07, 6.45) is 0.896. The Morgan fingerprint density at radius 3 is 2.44 bits per heavy atom. The summed E-state index contributed by atoms with van der Waals surface area (Å²) in [5.74, 6) is 0. The summed E-state index contributed by atoms with van der Waals surface area (Å²) in [6.45, 7) is 4.15. The minimum atomic E-state index is 0.704. The summed E-state index contributed by atoms with van der Waals surface area (Å²) in [6, 6.07) is 20.6. The van der Waals surface area contributed by atoms with Gasteiger partial charge in [-0.15, -0.1) is 11.3 Å². The number of nitrogens with zero attached hydrogens (tertiary/aromatic N) is 1. The molecule has 3 aromatic carbocycles. The van der Waals surface area contributed by atoms with Crippen LogP contribution in [0, 0.1) is 13.8 Å². The van der Waals surface area contributed by atoms with Gasteiger partial charge < -0.3 is 0 Å². The van der Waals surface area contributed by atoms with E-state index in [2.05, 4.69) is 49.4 Å². The number of hydrogen-bond donors (Lipinski definition) is 0. The van der Waals surface area contributed by atoms with Crippen LogP contribution in [0.15, 0.2) is 60.7 Å². The lowest BCUT2D eigenvalue weighted by molar-refractivity contribution is 0.112. The van der Waals surface area contributed by atoms with Crippen LogP contribution in [0.5, 0.6) is 0 Å². The summed E-state index contributed by atoms with van der Waals surface area (Å²) in [4.78, 5) is 16.0. The van der Waals surface area contributed by atoms with Gasteiger partial charge in [-0.1, -0.05) is 48.5 Å². The molecular formula is C22H17NOS. The highest BCUT2D eigenvalue weighted by molar-refractivity contribution is 7.21. The van der Waals surface area contributed by atoms with E-state index in [1.165, 1.54) is 16.7 Å². The molecule has 2 nitrogen and oxygen atoms in total. The highest BCUT2D eigenvalue weighted by Crippen LogP contribution is 2.37. The van der Waals surface area contributed by atoms with E-state index in [9.17, 15) is 4.79 Å². The number of fused-ring (bicyclic) bond motifs is 1. The van der Waals surface area contributed by atoms with Crippen molar-refractivity contribution in [3.05, 3.63) is 77.4 Å². The third-order valence-electron chi connectivity index (χ3n) is 4.49. The van der Waals surface area contributed by atoms with Crippen molar-refractivity contribution in [2.75, 3.05) is 0 Å². The molecule has 0 saturated carbocycles. The summed E-state index contributed by atoms with van der Waals surface area (Å²) in [7, 11) is 0. The largest absolute Gasteiger partial charge is 0.298 e. The van der Waals surface area contributed by atoms with Crippen LogP contribution in [0.3, 0.4) is 0 Å². The van der Waals surface area contributed by atoms with Gasteiger partial charge >= 0.3 is 0 Å². The van der Waals surface area contributed by atoms with Gasteiger partial charge in [0.25, 0.3) is 0 Å². The van der Waals surface area contributed by atoms with Crippen LogP contribution in [-0.4, -0.2) is 11.3 Å². The molecular weight excluding hydrogens is 326 g/mol. The van der Waals surface area contributed by atoms with Crippen molar-refractivity contribution in [1.29, 1.82) is 0 Å². The average molecular weight is 343 g/mol. The van der Waals surface area contributed by atoms with Gasteiger partial charge in [0.05, 0.1) is 10.2 Å². The number of benzene rings is 3. The van der Waals surface area contributed by atoms with Crippen molar-refractivity contribution >= 4 is 27.8 Å². The third-order valence-corrected chi connectivity index (χ3v) is 5.53. The highest BCUT2D eigenvalue weighted by atomic mass is 32.1. The fourth-order valence-corrected chi connectivity index (χ4v) is 4.38. The molecule has 0 aliphatic heterocycles. The molecule has 4 aromatic rings. The predicted octanol–water partition coefficient (Wildman–Crippen LogP) is 6.06. The lowest BCUT2D eigenvalue weighted by Gasteiger charge is -2.09. The van der Waals surface area contributed by atoms with E-state index in [1.54, 1.807) is 11.3 Å². The van der Waals surface area contributed by atoms with Gasteiger partial charge in [-0.05, 0) is 48.2 Å². The summed E-state index contributed by atoms with van der Waals surface area (Å²) in [5.41, 5.74) is 7.53. The van der Waals surface area contributed by atoms with Gasteiger partial charge in [-0.25, -0.2) is 4.98 Å². The van der Waals surface area contributed by atoms with Gasteiger partial charge in [0.15, 0.2) is 0 Å². The first-order chi connectivity index (χ1) is 12.2. The minimum absolute atomic E-state index is 0.704. The fourth-order valence-electron chi connectivity index (χ4n) is 3.20. The Kier molecular flexibility index (Phi) is 3.94. The Hall–Kier alpha value is -2.78. The van der Waals surface area contributed by atoms with Crippen LogP contribution in [0.2, 0.25) is 0 Å². The molecule has 0 bridgehead atoms. The van der Waals surface area contributed by atoms with Crippen LogP contribution < -0.4 is 0 Å². The molecule has 0 unspecified atom stereocenters. The van der Waals surface area contributed by atoms with Crippen molar-refractivity contribution in [1.82, 2.24) is 4.98 Å². The van der Waals surface area contributed by atoms with E-state index in [0.29, 0.717) is 5.56 Å². The summed E-state index contributed by atoms with van der Waals surface area (Å²) in [5, 5.41) is 0.997. The quantitative estimate of drug-likeness (QED) is 0.423. The molecule has 1 heterocycles.